The van der Waals surface area contributed by atoms with Gasteiger partial charge in [0.15, 0.2) is 0 Å². The van der Waals surface area contributed by atoms with Crippen molar-refractivity contribution in [1.29, 1.82) is 0 Å². The molecule has 0 heterocycles. The van der Waals surface area contributed by atoms with Gasteiger partial charge in [-0.1, -0.05) is 13.5 Å². The standard InChI is InChI=1S/C13H24O5/c1-5-7-13(15,18-12(14)11(3)4)10-17-9-8-16-6-2/h15H,3,5-10H2,1-2,4H3. The van der Waals surface area contributed by atoms with Crippen molar-refractivity contribution in [1.82, 2.24) is 0 Å². The fourth-order valence-corrected chi connectivity index (χ4v) is 1.30. The molecular weight excluding hydrogens is 236 g/mol. The van der Waals surface area contributed by atoms with Crippen LogP contribution in [0.1, 0.15) is 33.6 Å². The van der Waals surface area contributed by atoms with Crippen molar-refractivity contribution in [3.63, 3.8) is 0 Å². The second-order valence-corrected chi connectivity index (χ2v) is 4.12. The minimum absolute atomic E-state index is 0.0626. The molecule has 5 heteroatoms. The molecule has 0 amide bonds. The van der Waals surface area contributed by atoms with Crippen molar-refractivity contribution >= 4 is 5.97 Å². The second kappa shape index (κ2) is 9.08. The van der Waals surface area contributed by atoms with Crippen LogP contribution in [-0.2, 0) is 19.0 Å². The summed E-state index contributed by atoms with van der Waals surface area (Å²) in [5.74, 6) is -2.20. The lowest BCUT2D eigenvalue weighted by Gasteiger charge is -2.27. The highest BCUT2D eigenvalue weighted by atomic mass is 16.7. The molecule has 18 heavy (non-hydrogen) atoms. The maximum absolute atomic E-state index is 11.4. The molecule has 1 unspecified atom stereocenters. The molecule has 0 rings (SSSR count). The third kappa shape index (κ3) is 7.42. The van der Waals surface area contributed by atoms with E-state index < -0.39 is 11.8 Å². The number of carbonyl (C=O) groups excluding carboxylic acids is 1. The molecule has 0 aromatic rings. The monoisotopic (exact) mass is 260 g/mol. The molecule has 0 aliphatic rings. The van der Waals surface area contributed by atoms with Gasteiger partial charge in [-0.05, 0) is 20.3 Å². The van der Waals surface area contributed by atoms with E-state index >= 15 is 0 Å². The summed E-state index contributed by atoms with van der Waals surface area (Å²) in [7, 11) is 0. The largest absolute Gasteiger partial charge is 0.427 e. The summed E-state index contributed by atoms with van der Waals surface area (Å²) in [5.41, 5.74) is 0.249. The lowest BCUT2D eigenvalue weighted by molar-refractivity contribution is -0.229. The van der Waals surface area contributed by atoms with E-state index in [0.717, 1.165) is 0 Å². The normalized spacial score (nSPS) is 14.0. The Balaban J connectivity index is 4.16. The molecule has 0 fully saturated rings. The van der Waals surface area contributed by atoms with E-state index in [4.69, 9.17) is 14.2 Å². The van der Waals surface area contributed by atoms with Gasteiger partial charge >= 0.3 is 5.97 Å². The van der Waals surface area contributed by atoms with Crippen LogP contribution >= 0.6 is 0 Å². The summed E-state index contributed by atoms with van der Waals surface area (Å²) >= 11 is 0. The number of hydrogen-bond acceptors (Lipinski definition) is 5. The van der Waals surface area contributed by atoms with Crippen molar-refractivity contribution in [2.75, 3.05) is 26.4 Å². The molecular formula is C13H24O5. The van der Waals surface area contributed by atoms with Gasteiger partial charge in [-0.3, -0.25) is 0 Å². The number of esters is 1. The average Bonchev–Trinajstić information content (AvgIpc) is 2.28. The predicted molar refractivity (Wildman–Crippen MR) is 68.1 cm³/mol. The van der Waals surface area contributed by atoms with E-state index in [1.54, 1.807) is 0 Å². The lowest BCUT2D eigenvalue weighted by Crippen LogP contribution is -2.40. The number of rotatable bonds is 10. The topological polar surface area (TPSA) is 65.0 Å². The van der Waals surface area contributed by atoms with Crippen molar-refractivity contribution in [2.45, 2.75) is 39.4 Å². The van der Waals surface area contributed by atoms with E-state index in [1.807, 2.05) is 13.8 Å². The first-order chi connectivity index (χ1) is 8.45. The molecule has 0 saturated heterocycles. The smallest absolute Gasteiger partial charge is 0.335 e. The van der Waals surface area contributed by atoms with E-state index in [-0.39, 0.29) is 12.2 Å². The maximum atomic E-state index is 11.4. The zero-order valence-electron chi connectivity index (χ0n) is 11.5. The molecule has 0 aliphatic carbocycles. The molecule has 106 valence electrons. The Labute approximate surface area is 109 Å². The van der Waals surface area contributed by atoms with E-state index in [0.29, 0.717) is 32.7 Å². The van der Waals surface area contributed by atoms with Gasteiger partial charge in [0.1, 0.15) is 6.61 Å². The van der Waals surface area contributed by atoms with E-state index in [2.05, 4.69) is 6.58 Å². The first-order valence-corrected chi connectivity index (χ1v) is 6.22. The molecule has 0 aliphatic heterocycles. The predicted octanol–water partition coefficient (Wildman–Crippen LogP) is 1.65. The quantitative estimate of drug-likeness (QED) is 0.280. The van der Waals surface area contributed by atoms with Crippen molar-refractivity contribution in [3.8, 4) is 0 Å². The van der Waals surface area contributed by atoms with Gasteiger partial charge in [-0.2, -0.15) is 0 Å². The van der Waals surface area contributed by atoms with Gasteiger partial charge in [-0.15, -0.1) is 0 Å². The minimum Gasteiger partial charge on any atom is -0.427 e. The minimum atomic E-state index is -1.59. The summed E-state index contributed by atoms with van der Waals surface area (Å²) in [4.78, 5) is 11.4. The molecule has 0 aromatic heterocycles. The van der Waals surface area contributed by atoms with Crippen LogP contribution in [0.2, 0.25) is 0 Å². The summed E-state index contributed by atoms with van der Waals surface area (Å²) in [6, 6.07) is 0. The molecule has 1 N–H and O–H groups in total. The Bertz CT molecular complexity index is 264. The SMILES string of the molecule is C=C(C)C(=O)OC(O)(CCC)COCCOCC. The molecule has 0 spiro atoms. The maximum Gasteiger partial charge on any atom is 0.335 e. The van der Waals surface area contributed by atoms with Gasteiger partial charge in [0.2, 0.25) is 5.79 Å². The molecule has 0 radical (unpaired) electrons. The summed E-state index contributed by atoms with van der Waals surface area (Å²) < 4.78 is 15.3. The van der Waals surface area contributed by atoms with Crippen LogP contribution in [0.4, 0.5) is 0 Å². The van der Waals surface area contributed by atoms with Crippen molar-refractivity contribution in [3.05, 3.63) is 12.2 Å². The van der Waals surface area contributed by atoms with Crippen LogP contribution in [0, 0.1) is 0 Å². The number of carbonyl (C=O) groups is 1. The Morgan fingerprint density at radius 3 is 2.39 bits per heavy atom. The first kappa shape index (κ1) is 17.1. The van der Waals surface area contributed by atoms with Gasteiger partial charge in [-0.25, -0.2) is 4.79 Å². The first-order valence-electron chi connectivity index (χ1n) is 6.22. The number of hydrogen-bond donors (Lipinski definition) is 1. The Morgan fingerprint density at radius 1 is 1.28 bits per heavy atom. The van der Waals surface area contributed by atoms with Crippen LogP contribution in [0.5, 0.6) is 0 Å². The number of aliphatic hydroxyl groups is 1. The molecule has 0 aromatic carbocycles. The molecule has 0 saturated carbocycles. The van der Waals surface area contributed by atoms with Gasteiger partial charge in [0.05, 0.1) is 13.2 Å². The molecule has 1 atom stereocenters. The highest BCUT2D eigenvalue weighted by molar-refractivity contribution is 5.87. The van der Waals surface area contributed by atoms with Gasteiger partial charge < -0.3 is 19.3 Å². The van der Waals surface area contributed by atoms with Gasteiger partial charge in [0, 0.05) is 18.6 Å². The zero-order chi connectivity index (χ0) is 14.0. The summed E-state index contributed by atoms with van der Waals surface area (Å²) in [6.07, 6.45) is 0.995. The Kier molecular flexibility index (Phi) is 8.62. The van der Waals surface area contributed by atoms with Crippen LogP contribution in [0.25, 0.3) is 0 Å². The summed E-state index contributed by atoms with van der Waals surface area (Å²) in [5, 5.41) is 10.1. The van der Waals surface area contributed by atoms with E-state index in [1.165, 1.54) is 6.92 Å². The van der Waals surface area contributed by atoms with Gasteiger partial charge in [0.25, 0.3) is 0 Å². The molecule has 5 nitrogen and oxygen atoms in total. The van der Waals surface area contributed by atoms with Crippen LogP contribution in [0.3, 0.4) is 0 Å². The fourth-order valence-electron chi connectivity index (χ4n) is 1.30. The van der Waals surface area contributed by atoms with Crippen molar-refractivity contribution < 1.29 is 24.1 Å². The van der Waals surface area contributed by atoms with Crippen molar-refractivity contribution in [2.24, 2.45) is 0 Å². The fraction of sp³-hybridized carbons (Fsp3) is 0.769. The highest BCUT2D eigenvalue weighted by Gasteiger charge is 2.31. The van der Waals surface area contributed by atoms with E-state index in [9.17, 15) is 9.90 Å². The van der Waals surface area contributed by atoms with Crippen LogP contribution < -0.4 is 0 Å². The van der Waals surface area contributed by atoms with Crippen LogP contribution in [-0.4, -0.2) is 43.3 Å². The third-order valence-electron chi connectivity index (χ3n) is 2.18. The number of ether oxygens (including phenoxy) is 3. The highest BCUT2D eigenvalue weighted by Crippen LogP contribution is 2.17. The zero-order valence-corrected chi connectivity index (χ0v) is 11.5. The van der Waals surface area contributed by atoms with Crippen LogP contribution in [0.15, 0.2) is 12.2 Å². The third-order valence-corrected chi connectivity index (χ3v) is 2.18. The Hall–Kier alpha value is -0.910. The molecule has 0 bridgehead atoms. The second-order valence-electron chi connectivity index (χ2n) is 4.12. The Morgan fingerprint density at radius 2 is 1.89 bits per heavy atom. The lowest BCUT2D eigenvalue weighted by atomic mass is 10.1. The summed E-state index contributed by atoms with van der Waals surface area (Å²) in [6.45, 7) is 10.1. The average molecular weight is 260 g/mol.